The van der Waals surface area contributed by atoms with Crippen LogP contribution in [0.3, 0.4) is 0 Å². The lowest BCUT2D eigenvalue weighted by molar-refractivity contribution is 0.0953. The van der Waals surface area contributed by atoms with Crippen molar-refractivity contribution in [3.63, 3.8) is 0 Å². The Kier molecular flexibility index (Phi) is 3.70. The predicted octanol–water partition coefficient (Wildman–Crippen LogP) is 3.83. The summed E-state index contributed by atoms with van der Waals surface area (Å²) in [6, 6.07) is 7.90. The summed E-state index contributed by atoms with van der Waals surface area (Å²) >= 11 is 12.1. The van der Waals surface area contributed by atoms with Crippen molar-refractivity contribution < 1.29 is 4.79 Å². The molecule has 1 aromatic carbocycles. The molecule has 4 rings (SSSR count). The van der Waals surface area contributed by atoms with Gasteiger partial charge in [0.1, 0.15) is 5.69 Å². The number of aromatic nitrogens is 3. The van der Waals surface area contributed by atoms with Crippen LogP contribution >= 0.6 is 23.2 Å². The van der Waals surface area contributed by atoms with E-state index in [4.69, 9.17) is 23.2 Å². The smallest absolute Gasteiger partial charge is 0.252 e. The number of nitrogens with zero attached hydrogens (tertiary/aromatic N) is 3. The lowest BCUT2D eigenvalue weighted by Crippen LogP contribution is -2.25. The largest absolute Gasteiger partial charge is 0.349 e. The fraction of sp³-hybridized carbons (Fsp3) is 0.235. The molecule has 1 aliphatic rings. The highest BCUT2D eigenvalue weighted by Gasteiger charge is 2.25. The molecule has 0 bridgehead atoms. The molecule has 3 aromatic rings. The lowest BCUT2D eigenvalue weighted by Gasteiger charge is -2.06. The van der Waals surface area contributed by atoms with Gasteiger partial charge in [-0.05, 0) is 42.6 Å². The predicted molar refractivity (Wildman–Crippen MR) is 94.5 cm³/mol. The van der Waals surface area contributed by atoms with Gasteiger partial charge in [0.05, 0.1) is 16.9 Å². The van der Waals surface area contributed by atoms with Gasteiger partial charge < -0.3 is 9.88 Å². The molecule has 2 aromatic heterocycles. The summed E-state index contributed by atoms with van der Waals surface area (Å²) in [5.74, 6) is -0.0490. The lowest BCUT2D eigenvalue weighted by atomic mass is 10.1. The first-order chi connectivity index (χ1) is 11.5. The SMILES string of the molecule is Cn1c(-c2nc(Cl)ncc2Cl)cc2c(C(=O)NC3CC3)cccc21. The Balaban J connectivity index is 1.87. The van der Waals surface area contributed by atoms with Crippen LogP contribution in [0.1, 0.15) is 23.2 Å². The maximum Gasteiger partial charge on any atom is 0.252 e. The highest BCUT2D eigenvalue weighted by molar-refractivity contribution is 6.33. The first kappa shape index (κ1) is 15.4. The summed E-state index contributed by atoms with van der Waals surface area (Å²) in [6.07, 6.45) is 3.58. The van der Waals surface area contributed by atoms with E-state index in [1.54, 1.807) is 0 Å². The number of halogens is 2. The Morgan fingerprint density at radius 3 is 2.88 bits per heavy atom. The van der Waals surface area contributed by atoms with Crippen molar-refractivity contribution in [2.24, 2.45) is 7.05 Å². The summed E-state index contributed by atoms with van der Waals surface area (Å²) in [4.78, 5) is 20.6. The fourth-order valence-electron chi connectivity index (χ4n) is 2.80. The molecule has 0 saturated heterocycles. The average Bonchev–Trinajstić information content (AvgIpc) is 3.32. The zero-order valence-electron chi connectivity index (χ0n) is 12.9. The normalized spacial score (nSPS) is 14.1. The van der Waals surface area contributed by atoms with Crippen LogP contribution in [0.4, 0.5) is 0 Å². The maximum absolute atomic E-state index is 12.5. The molecule has 0 radical (unpaired) electrons. The van der Waals surface area contributed by atoms with E-state index >= 15 is 0 Å². The summed E-state index contributed by atoms with van der Waals surface area (Å²) in [5, 5.41) is 4.43. The summed E-state index contributed by atoms with van der Waals surface area (Å²) in [7, 11) is 1.91. The quantitative estimate of drug-likeness (QED) is 0.722. The third kappa shape index (κ3) is 2.64. The fourth-order valence-corrected chi connectivity index (χ4v) is 3.12. The molecule has 122 valence electrons. The van der Waals surface area contributed by atoms with Gasteiger partial charge in [0.15, 0.2) is 0 Å². The van der Waals surface area contributed by atoms with Crippen molar-refractivity contribution in [2.75, 3.05) is 0 Å². The monoisotopic (exact) mass is 360 g/mol. The van der Waals surface area contributed by atoms with Crippen molar-refractivity contribution >= 4 is 40.0 Å². The van der Waals surface area contributed by atoms with Crippen LogP contribution in [0.2, 0.25) is 10.3 Å². The minimum absolute atomic E-state index is 0.0490. The van der Waals surface area contributed by atoms with E-state index in [1.807, 2.05) is 35.9 Å². The molecule has 0 aliphatic heterocycles. The number of hydrogen-bond acceptors (Lipinski definition) is 3. The summed E-state index contributed by atoms with van der Waals surface area (Å²) in [6.45, 7) is 0. The standard InChI is InChI=1S/C17H14Cl2N4O/c1-23-13-4-2-3-10(16(24)21-9-5-6-9)11(13)7-14(23)15-12(18)8-20-17(19)22-15/h2-4,7-9H,5-6H2,1H3,(H,21,24). The second-order valence-electron chi connectivity index (χ2n) is 5.91. The molecule has 1 saturated carbocycles. The molecule has 24 heavy (non-hydrogen) atoms. The van der Waals surface area contributed by atoms with Crippen molar-refractivity contribution in [3.05, 3.63) is 46.3 Å². The number of hydrogen-bond donors (Lipinski definition) is 1. The van der Waals surface area contributed by atoms with Gasteiger partial charge >= 0.3 is 0 Å². The molecule has 0 spiro atoms. The Morgan fingerprint density at radius 1 is 1.33 bits per heavy atom. The van der Waals surface area contributed by atoms with Gasteiger partial charge in [-0.15, -0.1) is 0 Å². The molecule has 1 aliphatic carbocycles. The first-order valence-corrected chi connectivity index (χ1v) is 8.38. The number of aryl methyl sites for hydroxylation is 1. The van der Waals surface area contributed by atoms with Gasteiger partial charge in [0.25, 0.3) is 5.91 Å². The molecule has 1 fully saturated rings. The number of carbonyl (C=O) groups is 1. The van der Waals surface area contributed by atoms with E-state index in [9.17, 15) is 4.79 Å². The van der Waals surface area contributed by atoms with Crippen LogP contribution in [0.5, 0.6) is 0 Å². The van der Waals surface area contributed by atoms with E-state index in [0.717, 1.165) is 29.4 Å². The Hall–Kier alpha value is -2.11. The maximum atomic E-state index is 12.5. The molecule has 1 amide bonds. The number of rotatable bonds is 3. The highest BCUT2D eigenvalue weighted by atomic mass is 35.5. The Labute approximate surface area is 148 Å². The van der Waals surface area contributed by atoms with Crippen molar-refractivity contribution in [1.82, 2.24) is 19.9 Å². The summed E-state index contributed by atoms with van der Waals surface area (Å²) < 4.78 is 1.95. The van der Waals surface area contributed by atoms with E-state index in [-0.39, 0.29) is 11.2 Å². The molecule has 0 atom stereocenters. The van der Waals surface area contributed by atoms with Crippen molar-refractivity contribution in [2.45, 2.75) is 18.9 Å². The number of carbonyl (C=O) groups excluding carboxylic acids is 1. The average molecular weight is 361 g/mol. The van der Waals surface area contributed by atoms with Crippen LogP contribution in [-0.2, 0) is 7.05 Å². The van der Waals surface area contributed by atoms with E-state index < -0.39 is 0 Å². The Morgan fingerprint density at radius 2 is 2.12 bits per heavy atom. The van der Waals surface area contributed by atoms with Crippen LogP contribution in [0, 0.1) is 0 Å². The van der Waals surface area contributed by atoms with Crippen LogP contribution in [0.15, 0.2) is 30.5 Å². The zero-order valence-corrected chi connectivity index (χ0v) is 14.4. The second kappa shape index (κ2) is 5.76. The number of nitrogens with one attached hydrogen (secondary N) is 1. The van der Waals surface area contributed by atoms with Gasteiger partial charge in [-0.25, -0.2) is 9.97 Å². The van der Waals surface area contributed by atoms with Gasteiger partial charge in [-0.1, -0.05) is 17.7 Å². The van der Waals surface area contributed by atoms with Gasteiger partial charge in [-0.3, -0.25) is 4.79 Å². The first-order valence-electron chi connectivity index (χ1n) is 7.62. The molecule has 2 heterocycles. The molecule has 7 heteroatoms. The zero-order chi connectivity index (χ0) is 16.8. The van der Waals surface area contributed by atoms with Gasteiger partial charge in [-0.2, -0.15) is 0 Å². The van der Waals surface area contributed by atoms with Crippen LogP contribution in [0.25, 0.3) is 22.3 Å². The van der Waals surface area contributed by atoms with E-state index in [2.05, 4.69) is 15.3 Å². The second-order valence-corrected chi connectivity index (χ2v) is 6.66. The summed E-state index contributed by atoms with van der Waals surface area (Å²) in [5.41, 5.74) is 2.91. The molecule has 0 unspecified atom stereocenters. The van der Waals surface area contributed by atoms with Crippen LogP contribution in [-0.4, -0.2) is 26.5 Å². The van der Waals surface area contributed by atoms with E-state index in [1.165, 1.54) is 6.20 Å². The Bertz CT molecular complexity index is 963. The van der Waals surface area contributed by atoms with Crippen molar-refractivity contribution in [1.29, 1.82) is 0 Å². The highest BCUT2D eigenvalue weighted by Crippen LogP contribution is 2.32. The van der Waals surface area contributed by atoms with Gasteiger partial charge in [0, 0.05) is 29.6 Å². The van der Waals surface area contributed by atoms with Crippen molar-refractivity contribution in [3.8, 4) is 11.4 Å². The number of amides is 1. The molecule has 1 N–H and O–H groups in total. The number of benzene rings is 1. The molecular weight excluding hydrogens is 347 g/mol. The van der Waals surface area contributed by atoms with E-state index in [0.29, 0.717) is 22.3 Å². The van der Waals surface area contributed by atoms with Crippen LogP contribution < -0.4 is 5.32 Å². The molecular formula is C17H14Cl2N4O. The minimum Gasteiger partial charge on any atom is -0.349 e. The number of fused-ring (bicyclic) bond motifs is 1. The van der Waals surface area contributed by atoms with Gasteiger partial charge in [0.2, 0.25) is 5.28 Å². The third-order valence-electron chi connectivity index (χ3n) is 4.20. The third-order valence-corrected chi connectivity index (χ3v) is 4.66. The molecule has 5 nitrogen and oxygen atoms in total. The minimum atomic E-state index is -0.0490. The topological polar surface area (TPSA) is 59.8 Å².